The molecule has 1 heterocycles. The number of ether oxygens (including phenoxy) is 1. The first kappa shape index (κ1) is 13.5. The first-order valence-electron chi connectivity index (χ1n) is 5.56. The van der Waals surface area contributed by atoms with Crippen LogP contribution in [0.1, 0.15) is 20.8 Å². The van der Waals surface area contributed by atoms with Crippen LogP contribution in [0.25, 0.3) is 0 Å². The van der Waals surface area contributed by atoms with E-state index in [1.54, 1.807) is 32.7 Å². The Morgan fingerprint density at radius 1 is 1.35 bits per heavy atom. The largest absolute Gasteiger partial charge is 0.459 e. The summed E-state index contributed by atoms with van der Waals surface area (Å²) < 4.78 is 4.66. The van der Waals surface area contributed by atoms with Crippen LogP contribution in [0.4, 0.5) is 0 Å². The van der Waals surface area contributed by atoms with Crippen LogP contribution in [0.5, 0.6) is 0 Å². The number of esters is 1. The van der Waals surface area contributed by atoms with Gasteiger partial charge in [0.05, 0.1) is 6.61 Å². The molecule has 1 aliphatic rings. The molecule has 0 aromatic rings. The molecule has 0 saturated carbocycles. The third-order valence-corrected chi connectivity index (χ3v) is 2.90. The molecule has 1 aliphatic heterocycles. The fraction of sp³-hybridized carbons (Fsp3) is 0.727. The molecule has 1 rings (SSSR count). The molecule has 0 aliphatic carbocycles. The molecule has 0 radical (unpaired) electrons. The molecule has 2 amide bonds. The van der Waals surface area contributed by atoms with Crippen LogP contribution in [0.2, 0.25) is 0 Å². The second kappa shape index (κ2) is 4.73. The fourth-order valence-corrected chi connectivity index (χ4v) is 1.87. The average Bonchev–Trinajstić information content (AvgIpc) is 2.26. The van der Waals surface area contributed by atoms with Gasteiger partial charge in [0.2, 0.25) is 5.91 Å². The maximum absolute atomic E-state index is 11.9. The third kappa shape index (κ3) is 2.40. The molecule has 1 saturated heterocycles. The number of amides is 2. The summed E-state index contributed by atoms with van der Waals surface area (Å²) in [4.78, 5) is 38.0. The van der Waals surface area contributed by atoms with Crippen LogP contribution in [0.15, 0.2) is 0 Å². The van der Waals surface area contributed by atoms with E-state index >= 15 is 0 Å². The normalized spacial score (nSPS) is 19.2. The SMILES string of the molecule is CCOC(=O)C(=O)N1CCN(C)C(=O)C1(C)C. The van der Waals surface area contributed by atoms with Gasteiger partial charge in [0.15, 0.2) is 0 Å². The molecule has 0 aromatic heterocycles. The second-order valence-electron chi connectivity index (χ2n) is 4.46. The van der Waals surface area contributed by atoms with Gasteiger partial charge in [0.1, 0.15) is 5.54 Å². The Labute approximate surface area is 101 Å². The highest BCUT2D eigenvalue weighted by atomic mass is 16.5. The Morgan fingerprint density at radius 2 is 1.94 bits per heavy atom. The van der Waals surface area contributed by atoms with E-state index in [9.17, 15) is 14.4 Å². The molecule has 6 heteroatoms. The zero-order chi connectivity index (χ0) is 13.2. The second-order valence-corrected chi connectivity index (χ2v) is 4.46. The minimum atomic E-state index is -1.00. The van der Waals surface area contributed by atoms with Crippen molar-refractivity contribution in [3.05, 3.63) is 0 Å². The highest BCUT2D eigenvalue weighted by Crippen LogP contribution is 2.21. The molecule has 0 unspecified atom stereocenters. The summed E-state index contributed by atoms with van der Waals surface area (Å²) in [6.45, 7) is 5.79. The molecule has 0 aromatic carbocycles. The fourth-order valence-electron chi connectivity index (χ4n) is 1.87. The third-order valence-electron chi connectivity index (χ3n) is 2.90. The molecular formula is C11H18N2O4. The number of likely N-dealkylation sites (N-methyl/N-ethyl adjacent to an activating group) is 1. The summed E-state index contributed by atoms with van der Waals surface area (Å²) >= 11 is 0. The lowest BCUT2D eigenvalue weighted by molar-refractivity contribution is -0.168. The first-order valence-corrected chi connectivity index (χ1v) is 5.56. The molecule has 0 bridgehead atoms. The molecule has 0 spiro atoms. The van der Waals surface area contributed by atoms with Gasteiger partial charge in [-0.2, -0.15) is 0 Å². The Bertz CT molecular complexity index is 351. The summed E-state index contributed by atoms with van der Waals surface area (Å²) in [6, 6.07) is 0. The van der Waals surface area contributed by atoms with Crippen molar-refractivity contribution >= 4 is 17.8 Å². The average molecular weight is 242 g/mol. The van der Waals surface area contributed by atoms with Gasteiger partial charge in [-0.25, -0.2) is 4.79 Å². The van der Waals surface area contributed by atoms with E-state index < -0.39 is 17.4 Å². The summed E-state index contributed by atoms with van der Waals surface area (Å²) in [5.74, 6) is -1.84. The number of hydrogen-bond donors (Lipinski definition) is 0. The Morgan fingerprint density at radius 3 is 2.47 bits per heavy atom. The quantitative estimate of drug-likeness (QED) is 0.465. The predicted molar refractivity (Wildman–Crippen MR) is 60.1 cm³/mol. The monoisotopic (exact) mass is 242 g/mol. The topological polar surface area (TPSA) is 66.9 Å². The summed E-state index contributed by atoms with van der Waals surface area (Å²) in [5.41, 5.74) is -1.00. The van der Waals surface area contributed by atoms with E-state index in [1.807, 2.05) is 0 Å². The summed E-state index contributed by atoms with van der Waals surface area (Å²) in [5, 5.41) is 0. The standard InChI is InChI=1S/C11H18N2O4/c1-5-17-9(15)8(14)13-7-6-12(4)10(16)11(13,2)3/h5-7H2,1-4H3. The van der Waals surface area contributed by atoms with Crippen LogP contribution in [0.3, 0.4) is 0 Å². The van der Waals surface area contributed by atoms with Crippen molar-refractivity contribution in [3.63, 3.8) is 0 Å². The Balaban J connectivity index is 2.87. The van der Waals surface area contributed by atoms with Crippen LogP contribution in [-0.4, -0.2) is 59.9 Å². The van der Waals surface area contributed by atoms with Crippen LogP contribution >= 0.6 is 0 Å². The van der Waals surface area contributed by atoms with Gasteiger partial charge in [0, 0.05) is 20.1 Å². The number of rotatable bonds is 1. The van der Waals surface area contributed by atoms with Gasteiger partial charge in [-0.1, -0.05) is 0 Å². The van der Waals surface area contributed by atoms with Crippen molar-refractivity contribution < 1.29 is 19.1 Å². The predicted octanol–water partition coefficient (Wildman–Crippen LogP) is -0.371. The lowest BCUT2D eigenvalue weighted by Crippen LogP contribution is -2.64. The van der Waals surface area contributed by atoms with Gasteiger partial charge in [-0.3, -0.25) is 9.59 Å². The lowest BCUT2D eigenvalue weighted by Gasteiger charge is -2.44. The van der Waals surface area contributed by atoms with E-state index in [4.69, 9.17) is 0 Å². The Kier molecular flexibility index (Phi) is 3.75. The van der Waals surface area contributed by atoms with Gasteiger partial charge >= 0.3 is 11.9 Å². The van der Waals surface area contributed by atoms with Crippen molar-refractivity contribution in [2.45, 2.75) is 26.3 Å². The molecule has 1 fully saturated rings. The van der Waals surface area contributed by atoms with Crippen LogP contribution < -0.4 is 0 Å². The van der Waals surface area contributed by atoms with Crippen molar-refractivity contribution in [2.75, 3.05) is 26.7 Å². The van der Waals surface area contributed by atoms with Gasteiger partial charge < -0.3 is 14.5 Å². The number of nitrogens with zero attached hydrogens (tertiary/aromatic N) is 2. The molecule has 17 heavy (non-hydrogen) atoms. The van der Waals surface area contributed by atoms with Crippen LogP contribution in [0, 0.1) is 0 Å². The number of carbonyl (C=O) groups excluding carboxylic acids is 3. The minimum Gasteiger partial charge on any atom is -0.459 e. The molecule has 6 nitrogen and oxygen atoms in total. The first-order chi connectivity index (χ1) is 7.82. The minimum absolute atomic E-state index is 0.146. The summed E-state index contributed by atoms with van der Waals surface area (Å²) in [6.07, 6.45) is 0. The highest BCUT2D eigenvalue weighted by molar-refractivity contribution is 6.33. The van der Waals surface area contributed by atoms with Gasteiger partial charge in [0.25, 0.3) is 0 Å². The van der Waals surface area contributed by atoms with Crippen molar-refractivity contribution in [3.8, 4) is 0 Å². The number of piperazine rings is 1. The van der Waals surface area contributed by atoms with E-state index in [0.29, 0.717) is 13.1 Å². The molecule has 0 N–H and O–H groups in total. The number of hydrogen-bond acceptors (Lipinski definition) is 4. The maximum atomic E-state index is 11.9. The zero-order valence-electron chi connectivity index (χ0n) is 10.6. The van der Waals surface area contributed by atoms with Crippen molar-refractivity contribution in [2.24, 2.45) is 0 Å². The van der Waals surface area contributed by atoms with E-state index in [0.717, 1.165) is 0 Å². The van der Waals surface area contributed by atoms with Crippen LogP contribution in [-0.2, 0) is 19.1 Å². The van der Waals surface area contributed by atoms with Crippen molar-refractivity contribution in [1.29, 1.82) is 0 Å². The van der Waals surface area contributed by atoms with Gasteiger partial charge in [-0.15, -0.1) is 0 Å². The lowest BCUT2D eigenvalue weighted by atomic mass is 9.97. The highest BCUT2D eigenvalue weighted by Gasteiger charge is 2.45. The smallest absolute Gasteiger partial charge is 0.397 e. The number of carbonyl (C=O) groups is 3. The van der Waals surface area contributed by atoms with E-state index in [-0.39, 0.29) is 12.5 Å². The van der Waals surface area contributed by atoms with Crippen molar-refractivity contribution in [1.82, 2.24) is 9.80 Å². The molecule has 0 atom stereocenters. The zero-order valence-corrected chi connectivity index (χ0v) is 10.6. The Hall–Kier alpha value is -1.59. The maximum Gasteiger partial charge on any atom is 0.397 e. The summed E-state index contributed by atoms with van der Waals surface area (Å²) in [7, 11) is 1.68. The molecule has 96 valence electrons. The van der Waals surface area contributed by atoms with E-state index in [2.05, 4.69) is 4.74 Å². The van der Waals surface area contributed by atoms with Gasteiger partial charge in [-0.05, 0) is 20.8 Å². The van der Waals surface area contributed by atoms with E-state index in [1.165, 1.54) is 4.90 Å². The molecular weight excluding hydrogens is 224 g/mol.